The van der Waals surface area contributed by atoms with E-state index >= 15 is 0 Å². The Kier molecular flexibility index (Phi) is 6.69. The first-order valence-electron chi connectivity index (χ1n) is 11.7. The number of hydrogen-bond acceptors (Lipinski definition) is 2. The summed E-state index contributed by atoms with van der Waals surface area (Å²) >= 11 is 1.89. The molecule has 34 heavy (non-hydrogen) atoms. The molecule has 1 unspecified atom stereocenters. The van der Waals surface area contributed by atoms with Gasteiger partial charge in [0.1, 0.15) is 5.75 Å². The van der Waals surface area contributed by atoms with Gasteiger partial charge < -0.3 is 5.11 Å². The fraction of sp³-hybridized carbons (Fsp3) is 0.125. The second-order valence-electron chi connectivity index (χ2n) is 8.67. The Morgan fingerprint density at radius 3 is 2.18 bits per heavy atom. The summed E-state index contributed by atoms with van der Waals surface area (Å²) < 4.78 is 0. The van der Waals surface area contributed by atoms with Crippen molar-refractivity contribution in [3.05, 3.63) is 138 Å². The van der Waals surface area contributed by atoms with Crippen LogP contribution < -0.4 is 0 Å². The number of rotatable bonds is 7. The molecule has 5 aromatic rings. The molecule has 0 bridgehead atoms. The van der Waals surface area contributed by atoms with E-state index in [0.29, 0.717) is 5.75 Å². The summed E-state index contributed by atoms with van der Waals surface area (Å²) in [5, 5.41) is 14.1. The third-order valence-electron chi connectivity index (χ3n) is 6.27. The summed E-state index contributed by atoms with van der Waals surface area (Å²) in [6, 6.07) is 40.1. The zero-order valence-electron chi connectivity index (χ0n) is 19.3. The molecule has 0 spiro atoms. The minimum Gasteiger partial charge on any atom is -0.507 e. The second-order valence-corrected chi connectivity index (χ2v) is 9.89. The van der Waals surface area contributed by atoms with Crippen molar-refractivity contribution >= 4 is 22.5 Å². The fourth-order valence-corrected chi connectivity index (χ4v) is 5.90. The van der Waals surface area contributed by atoms with Crippen LogP contribution in [-0.2, 0) is 6.42 Å². The highest BCUT2D eigenvalue weighted by atomic mass is 32.2. The standard InChI is InChI=1S/C32H28OS/c1-23-21-29(28-18-10-16-25-13-8-9-17-27(25)28)31(33)30(22-23)32(26-14-6-3-7-15-26)34-20-19-24-11-4-2-5-12-24/h2-18,21-22,32-33H,19-20H2,1H3. The summed E-state index contributed by atoms with van der Waals surface area (Å²) in [5.41, 5.74) is 6.66. The van der Waals surface area contributed by atoms with Gasteiger partial charge in [-0.2, -0.15) is 0 Å². The molecule has 1 nitrogen and oxygen atoms in total. The smallest absolute Gasteiger partial charge is 0.128 e. The van der Waals surface area contributed by atoms with Gasteiger partial charge >= 0.3 is 0 Å². The van der Waals surface area contributed by atoms with Crippen molar-refractivity contribution in [2.75, 3.05) is 5.75 Å². The van der Waals surface area contributed by atoms with Crippen LogP contribution in [0.25, 0.3) is 21.9 Å². The topological polar surface area (TPSA) is 20.2 Å². The lowest BCUT2D eigenvalue weighted by atomic mass is 9.92. The van der Waals surface area contributed by atoms with Crippen molar-refractivity contribution in [2.45, 2.75) is 18.6 Å². The van der Waals surface area contributed by atoms with Crippen LogP contribution in [0.3, 0.4) is 0 Å². The monoisotopic (exact) mass is 460 g/mol. The number of fused-ring (bicyclic) bond motifs is 1. The lowest BCUT2D eigenvalue weighted by molar-refractivity contribution is 0.471. The number of hydrogen-bond donors (Lipinski definition) is 1. The number of phenolic OH excluding ortho intramolecular Hbond substituents is 1. The van der Waals surface area contributed by atoms with Crippen LogP contribution in [0.2, 0.25) is 0 Å². The van der Waals surface area contributed by atoms with Gasteiger partial charge in [0.25, 0.3) is 0 Å². The highest BCUT2D eigenvalue weighted by Gasteiger charge is 2.22. The van der Waals surface area contributed by atoms with Crippen LogP contribution >= 0.6 is 11.8 Å². The van der Waals surface area contributed by atoms with E-state index in [2.05, 4.69) is 116 Å². The SMILES string of the molecule is Cc1cc(-c2cccc3ccccc23)c(O)c(C(SCCc2ccccc2)c2ccccc2)c1. The number of aromatic hydroxyl groups is 1. The van der Waals surface area contributed by atoms with Gasteiger partial charge in [0.15, 0.2) is 0 Å². The van der Waals surface area contributed by atoms with Crippen molar-refractivity contribution in [3.8, 4) is 16.9 Å². The summed E-state index contributed by atoms with van der Waals surface area (Å²) in [6.45, 7) is 2.12. The Hall–Kier alpha value is -3.49. The zero-order chi connectivity index (χ0) is 23.3. The molecule has 0 aliphatic heterocycles. The fourth-order valence-electron chi connectivity index (χ4n) is 4.60. The molecule has 0 radical (unpaired) electrons. The van der Waals surface area contributed by atoms with Crippen molar-refractivity contribution in [1.82, 2.24) is 0 Å². The van der Waals surface area contributed by atoms with E-state index in [1.54, 1.807) is 0 Å². The van der Waals surface area contributed by atoms with Crippen LogP contribution in [0.1, 0.15) is 27.5 Å². The Labute approximate surface area is 206 Å². The molecule has 0 aliphatic rings. The zero-order valence-corrected chi connectivity index (χ0v) is 20.1. The molecule has 1 atom stereocenters. The van der Waals surface area contributed by atoms with E-state index in [9.17, 15) is 5.11 Å². The molecule has 5 rings (SSSR count). The van der Waals surface area contributed by atoms with Gasteiger partial charge in [0, 0.05) is 11.1 Å². The highest BCUT2D eigenvalue weighted by Crippen LogP contribution is 2.45. The predicted molar refractivity (Wildman–Crippen MR) is 147 cm³/mol. The van der Waals surface area contributed by atoms with E-state index in [-0.39, 0.29) is 5.25 Å². The van der Waals surface area contributed by atoms with Gasteiger partial charge in [-0.3, -0.25) is 0 Å². The minimum absolute atomic E-state index is 0.0542. The molecule has 0 saturated heterocycles. The van der Waals surface area contributed by atoms with Gasteiger partial charge in [0.2, 0.25) is 0 Å². The molecule has 0 aliphatic carbocycles. The van der Waals surface area contributed by atoms with Crippen LogP contribution in [0.4, 0.5) is 0 Å². The van der Waals surface area contributed by atoms with E-state index in [4.69, 9.17) is 0 Å². The first-order chi connectivity index (χ1) is 16.7. The molecule has 0 fully saturated rings. The van der Waals surface area contributed by atoms with Crippen LogP contribution in [0, 0.1) is 6.92 Å². The van der Waals surface area contributed by atoms with E-state index in [0.717, 1.165) is 39.8 Å². The summed E-state index contributed by atoms with van der Waals surface area (Å²) in [5.74, 6) is 1.35. The summed E-state index contributed by atoms with van der Waals surface area (Å²) in [6.07, 6.45) is 0.998. The summed E-state index contributed by atoms with van der Waals surface area (Å²) in [7, 11) is 0. The van der Waals surface area contributed by atoms with Gasteiger partial charge in [0.05, 0.1) is 5.25 Å². The van der Waals surface area contributed by atoms with Crippen molar-refractivity contribution in [1.29, 1.82) is 0 Å². The van der Waals surface area contributed by atoms with Gasteiger partial charge in [-0.25, -0.2) is 0 Å². The van der Waals surface area contributed by atoms with Gasteiger partial charge in [-0.15, -0.1) is 11.8 Å². The molecule has 0 saturated carbocycles. The van der Waals surface area contributed by atoms with Gasteiger partial charge in [-0.1, -0.05) is 109 Å². The van der Waals surface area contributed by atoms with E-state index in [1.807, 2.05) is 17.8 Å². The maximum atomic E-state index is 11.7. The van der Waals surface area contributed by atoms with E-state index in [1.165, 1.54) is 16.5 Å². The Morgan fingerprint density at radius 2 is 1.38 bits per heavy atom. The maximum Gasteiger partial charge on any atom is 0.128 e. The molecule has 2 heteroatoms. The first-order valence-corrected chi connectivity index (χ1v) is 12.8. The number of phenols is 1. The Morgan fingerprint density at radius 1 is 0.706 bits per heavy atom. The molecule has 5 aromatic carbocycles. The van der Waals surface area contributed by atoms with Crippen molar-refractivity contribution in [3.63, 3.8) is 0 Å². The highest BCUT2D eigenvalue weighted by molar-refractivity contribution is 7.99. The van der Waals surface area contributed by atoms with Crippen molar-refractivity contribution in [2.24, 2.45) is 0 Å². The largest absolute Gasteiger partial charge is 0.507 e. The van der Waals surface area contributed by atoms with Crippen molar-refractivity contribution < 1.29 is 5.11 Å². The van der Waals surface area contributed by atoms with Crippen LogP contribution in [0.15, 0.2) is 115 Å². The molecule has 0 heterocycles. The Bertz CT molecular complexity index is 1390. The summed E-state index contributed by atoms with van der Waals surface area (Å²) in [4.78, 5) is 0. The molecule has 0 aromatic heterocycles. The minimum atomic E-state index is 0.0542. The molecular formula is C32H28OS. The molecule has 168 valence electrons. The second kappa shape index (κ2) is 10.2. The first kappa shape index (κ1) is 22.3. The third kappa shape index (κ3) is 4.73. The normalized spacial score (nSPS) is 12.0. The molecule has 0 amide bonds. The quantitative estimate of drug-likeness (QED) is 0.262. The number of thioether (sulfide) groups is 1. The lowest BCUT2D eigenvalue weighted by Gasteiger charge is -2.22. The Balaban J connectivity index is 1.57. The average Bonchev–Trinajstić information content (AvgIpc) is 2.89. The predicted octanol–water partition coefficient (Wildman–Crippen LogP) is 8.59. The third-order valence-corrected chi connectivity index (χ3v) is 7.57. The number of benzene rings is 5. The van der Waals surface area contributed by atoms with E-state index < -0.39 is 0 Å². The van der Waals surface area contributed by atoms with Crippen LogP contribution in [-0.4, -0.2) is 10.9 Å². The lowest BCUT2D eigenvalue weighted by Crippen LogP contribution is -2.02. The van der Waals surface area contributed by atoms with Gasteiger partial charge in [-0.05, 0) is 58.2 Å². The molecule has 1 N–H and O–H groups in total. The molecular weight excluding hydrogens is 432 g/mol. The van der Waals surface area contributed by atoms with Crippen LogP contribution in [0.5, 0.6) is 5.75 Å². The average molecular weight is 461 g/mol. The number of aryl methyl sites for hydroxylation is 2. The maximum absolute atomic E-state index is 11.7.